The summed E-state index contributed by atoms with van der Waals surface area (Å²) in [6.07, 6.45) is 0. The van der Waals surface area contributed by atoms with Gasteiger partial charge in [-0.1, -0.05) is 41.6 Å². The Kier molecular flexibility index (Phi) is 3.94. The Hall–Kier alpha value is -0.190. The molecule has 0 atom stereocenters. The fraction of sp³-hybridized carbons (Fsp3) is 0. The first-order valence-electron chi connectivity index (χ1n) is 4.43. The lowest BCUT2D eigenvalue weighted by Crippen LogP contribution is -1.79. The van der Waals surface area contributed by atoms with Gasteiger partial charge in [-0.2, -0.15) is 0 Å². The first kappa shape index (κ1) is 11.3. The molecule has 76 valence electrons. The highest BCUT2D eigenvalue weighted by atomic mass is 127. The molecule has 0 saturated heterocycles. The van der Waals surface area contributed by atoms with Crippen LogP contribution < -0.4 is 0 Å². The Labute approximate surface area is 112 Å². The van der Waals surface area contributed by atoms with Crippen molar-refractivity contribution < 1.29 is 0 Å². The SMILES string of the molecule is Clc1ccc(I)c(Sc2ccccc2)c1. The highest BCUT2D eigenvalue weighted by Crippen LogP contribution is 2.32. The van der Waals surface area contributed by atoms with Gasteiger partial charge < -0.3 is 0 Å². The molecule has 0 spiro atoms. The van der Waals surface area contributed by atoms with Gasteiger partial charge in [-0.3, -0.25) is 0 Å². The summed E-state index contributed by atoms with van der Waals surface area (Å²) in [5.41, 5.74) is 0. The zero-order valence-electron chi connectivity index (χ0n) is 7.78. The summed E-state index contributed by atoms with van der Waals surface area (Å²) in [6.45, 7) is 0. The highest BCUT2D eigenvalue weighted by molar-refractivity contribution is 14.1. The molecular weight excluding hydrogens is 339 g/mol. The number of halogens is 2. The predicted molar refractivity (Wildman–Crippen MR) is 74.7 cm³/mol. The average molecular weight is 347 g/mol. The molecule has 0 N–H and O–H groups in total. The molecule has 0 aliphatic carbocycles. The van der Waals surface area contributed by atoms with Crippen LogP contribution in [-0.4, -0.2) is 0 Å². The Morgan fingerprint density at radius 2 is 1.73 bits per heavy atom. The van der Waals surface area contributed by atoms with Crippen molar-refractivity contribution in [1.82, 2.24) is 0 Å². The van der Waals surface area contributed by atoms with Crippen LogP contribution in [0.3, 0.4) is 0 Å². The van der Waals surface area contributed by atoms with E-state index in [1.54, 1.807) is 11.8 Å². The standard InChI is InChI=1S/C12H8ClIS/c13-9-6-7-11(14)12(8-9)15-10-4-2-1-3-5-10/h1-8H. The van der Waals surface area contributed by atoms with E-state index >= 15 is 0 Å². The molecule has 2 aromatic rings. The summed E-state index contributed by atoms with van der Waals surface area (Å²) < 4.78 is 1.23. The first-order chi connectivity index (χ1) is 7.25. The highest BCUT2D eigenvalue weighted by Gasteiger charge is 2.02. The summed E-state index contributed by atoms with van der Waals surface area (Å²) in [5.74, 6) is 0. The topological polar surface area (TPSA) is 0 Å². The summed E-state index contributed by atoms with van der Waals surface area (Å²) in [4.78, 5) is 2.44. The first-order valence-corrected chi connectivity index (χ1v) is 6.71. The lowest BCUT2D eigenvalue weighted by atomic mass is 10.4. The third kappa shape index (κ3) is 3.13. The van der Waals surface area contributed by atoms with Gasteiger partial charge in [0.1, 0.15) is 0 Å². The Balaban J connectivity index is 2.28. The molecule has 0 bridgehead atoms. The second-order valence-electron chi connectivity index (χ2n) is 2.99. The maximum Gasteiger partial charge on any atom is 0.0417 e. The van der Waals surface area contributed by atoms with Crippen molar-refractivity contribution in [2.45, 2.75) is 9.79 Å². The van der Waals surface area contributed by atoms with Gasteiger partial charge in [-0.15, -0.1) is 0 Å². The zero-order valence-corrected chi connectivity index (χ0v) is 11.5. The maximum atomic E-state index is 5.97. The van der Waals surface area contributed by atoms with Gasteiger partial charge in [0.25, 0.3) is 0 Å². The van der Waals surface area contributed by atoms with Crippen molar-refractivity contribution in [2.24, 2.45) is 0 Å². The normalized spacial score (nSPS) is 10.3. The molecule has 0 aliphatic rings. The largest absolute Gasteiger partial charge is 0.0889 e. The van der Waals surface area contributed by atoms with E-state index in [0.29, 0.717) is 0 Å². The van der Waals surface area contributed by atoms with Crippen molar-refractivity contribution in [1.29, 1.82) is 0 Å². The molecule has 0 amide bonds. The van der Waals surface area contributed by atoms with E-state index in [9.17, 15) is 0 Å². The minimum absolute atomic E-state index is 0.786. The van der Waals surface area contributed by atoms with Crippen LogP contribution in [0.25, 0.3) is 0 Å². The van der Waals surface area contributed by atoms with Crippen LogP contribution in [0, 0.1) is 3.57 Å². The van der Waals surface area contributed by atoms with Crippen LogP contribution in [0.4, 0.5) is 0 Å². The molecule has 0 saturated carbocycles. The average Bonchev–Trinajstić information content (AvgIpc) is 2.25. The lowest BCUT2D eigenvalue weighted by Gasteiger charge is -2.04. The Morgan fingerprint density at radius 3 is 2.47 bits per heavy atom. The number of hydrogen-bond donors (Lipinski definition) is 0. The van der Waals surface area contributed by atoms with Crippen molar-refractivity contribution in [3.05, 3.63) is 57.1 Å². The molecule has 2 rings (SSSR count). The molecular formula is C12H8ClIS. The number of benzene rings is 2. The van der Waals surface area contributed by atoms with Crippen LogP contribution in [-0.2, 0) is 0 Å². The monoisotopic (exact) mass is 346 g/mol. The van der Waals surface area contributed by atoms with Crippen molar-refractivity contribution >= 4 is 46.0 Å². The number of hydrogen-bond acceptors (Lipinski definition) is 1. The van der Waals surface area contributed by atoms with Crippen LogP contribution in [0.5, 0.6) is 0 Å². The van der Waals surface area contributed by atoms with E-state index in [1.807, 2.05) is 36.4 Å². The minimum Gasteiger partial charge on any atom is -0.0889 e. The van der Waals surface area contributed by atoms with Gasteiger partial charge in [-0.25, -0.2) is 0 Å². The van der Waals surface area contributed by atoms with Gasteiger partial charge in [0, 0.05) is 18.4 Å². The quantitative estimate of drug-likeness (QED) is 0.682. The third-order valence-corrected chi connectivity index (χ3v) is 4.47. The summed E-state index contributed by atoms with van der Waals surface area (Å²) in [6, 6.07) is 16.3. The van der Waals surface area contributed by atoms with Crippen LogP contribution in [0.2, 0.25) is 5.02 Å². The van der Waals surface area contributed by atoms with Gasteiger partial charge in [0.2, 0.25) is 0 Å². The van der Waals surface area contributed by atoms with Crippen molar-refractivity contribution in [3.8, 4) is 0 Å². The molecule has 0 heterocycles. The fourth-order valence-electron chi connectivity index (χ4n) is 1.17. The summed E-state index contributed by atoms with van der Waals surface area (Å²) in [7, 11) is 0. The van der Waals surface area contributed by atoms with Gasteiger partial charge >= 0.3 is 0 Å². The van der Waals surface area contributed by atoms with Crippen molar-refractivity contribution in [2.75, 3.05) is 0 Å². The zero-order chi connectivity index (χ0) is 10.7. The molecule has 0 aliphatic heterocycles. The smallest absolute Gasteiger partial charge is 0.0417 e. The fourth-order valence-corrected chi connectivity index (χ4v) is 2.97. The molecule has 0 aromatic heterocycles. The predicted octanol–water partition coefficient (Wildman–Crippen LogP) is 5.10. The molecule has 0 fully saturated rings. The second-order valence-corrected chi connectivity index (χ2v) is 5.70. The van der Waals surface area contributed by atoms with E-state index in [2.05, 4.69) is 34.7 Å². The van der Waals surface area contributed by atoms with E-state index in [0.717, 1.165) is 5.02 Å². The molecule has 0 radical (unpaired) electrons. The Morgan fingerprint density at radius 1 is 1.00 bits per heavy atom. The minimum atomic E-state index is 0.786. The lowest BCUT2D eigenvalue weighted by molar-refractivity contribution is 1.37. The van der Waals surface area contributed by atoms with Crippen molar-refractivity contribution in [3.63, 3.8) is 0 Å². The van der Waals surface area contributed by atoms with Crippen LogP contribution in [0.15, 0.2) is 58.3 Å². The summed E-state index contributed by atoms with van der Waals surface area (Å²) >= 11 is 10.0. The molecule has 15 heavy (non-hydrogen) atoms. The number of rotatable bonds is 2. The molecule has 0 unspecified atom stereocenters. The van der Waals surface area contributed by atoms with Crippen LogP contribution in [0.1, 0.15) is 0 Å². The van der Waals surface area contributed by atoms with Gasteiger partial charge in [0.05, 0.1) is 0 Å². The second kappa shape index (κ2) is 5.23. The molecule has 2 aromatic carbocycles. The van der Waals surface area contributed by atoms with Gasteiger partial charge in [0.15, 0.2) is 0 Å². The van der Waals surface area contributed by atoms with E-state index in [4.69, 9.17) is 11.6 Å². The maximum absolute atomic E-state index is 5.97. The van der Waals surface area contributed by atoms with E-state index in [1.165, 1.54) is 13.4 Å². The van der Waals surface area contributed by atoms with E-state index < -0.39 is 0 Å². The third-order valence-electron chi connectivity index (χ3n) is 1.86. The molecule has 0 nitrogen and oxygen atoms in total. The molecule has 3 heteroatoms. The Bertz CT molecular complexity index is 456. The summed E-state index contributed by atoms with van der Waals surface area (Å²) in [5, 5.41) is 0.786. The van der Waals surface area contributed by atoms with Gasteiger partial charge in [-0.05, 0) is 52.9 Å². The van der Waals surface area contributed by atoms with E-state index in [-0.39, 0.29) is 0 Å². The van der Waals surface area contributed by atoms with Crippen LogP contribution >= 0.6 is 46.0 Å².